The highest BCUT2D eigenvalue weighted by molar-refractivity contribution is 5.80. The highest BCUT2D eigenvalue weighted by atomic mass is 16.2. The van der Waals surface area contributed by atoms with Crippen molar-refractivity contribution in [2.24, 2.45) is 0 Å². The van der Waals surface area contributed by atoms with E-state index in [0.717, 1.165) is 5.69 Å². The van der Waals surface area contributed by atoms with Gasteiger partial charge in [-0.2, -0.15) is 0 Å². The lowest BCUT2D eigenvalue weighted by molar-refractivity contribution is -0.124. The predicted molar refractivity (Wildman–Crippen MR) is 72.3 cm³/mol. The second kappa shape index (κ2) is 5.52. The molecule has 5 nitrogen and oxygen atoms in total. The predicted octanol–water partition coefficient (Wildman–Crippen LogP) is 1.42. The molecule has 0 saturated carbocycles. The number of nitrogens with one attached hydrogen (secondary N) is 2. The van der Waals surface area contributed by atoms with Crippen LogP contribution in [0, 0.1) is 0 Å². The summed E-state index contributed by atoms with van der Waals surface area (Å²) in [5, 5.41) is 6.15. The molecule has 0 spiro atoms. The van der Waals surface area contributed by atoms with Crippen molar-refractivity contribution in [3.63, 3.8) is 0 Å². The van der Waals surface area contributed by atoms with Crippen LogP contribution in [0.3, 0.4) is 0 Å². The van der Waals surface area contributed by atoms with E-state index < -0.39 is 0 Å². The van der Waals surface area contributed by atoms with Gasteiger partial charge in [0.15, 0.2) is 0 Å². The van der Waals surface area contributed by atoms with Crippen molar-refractivity contribution >= 4 is 5.91 Å². The molecule has 0 bridgehead atoms. The maximum absolute atomic E-state index is 12.0. The number of nitrogens with zero attached hydrogens (tertiary/aromatic N) is 2. The molecular formula is C13H24N4O. The zero-order valence-electron chi connectivity index (χ0n) is 12.1. The second-order valence-corrected chi connectivity index (χ2v) is 5.40. The largest absolute Gasteiger partial charge is 0.352 e. The number of carbonyl (C=O) groups is 1. The zero-order valence-corrected chi connectivity index (χ0v) is 12.1. The first-order valence-corrected chi connectivity index (χ1v) is 6.31. The van der Waals surface area contributed by atoms with Gasteiger partial charge in [0.25, 0.3) is 0 Å². The smallest absolute Gasteiger partial charge is 0.243 e. The average molecular weight is 252 g/mol. The normalized spacial score (nSPS) is 13.7. The Kier molecular flexibility index (Phi) is 4.51. The Hall–Kier alpha value is -1.36. The van der Waals surface area contributed by atoms with Gasteiger partial charge >= 0.3 is 0 Å². The molecule has 0 aliphatic carbocycles. The van der Waals surface area contributed by atoms with Crippen molar-refractivity contribution < 1.29 is 4.79 Å². The van der Waals surface area contributed by atoms with Gasteiger partial charge in [0.05, 0.1) is 23.8 Å². The molecule has 0 radical (unpaired) electrons. The number of hydrogen-bond acceptors (Lipinski definition) is 3. The standard InChI is InChI=1S/C13H24N4O/c1-9(2)16-12(18)10(3)17-8-15-7-11(17)13(4,5)14-6/h7-10,14H,1-6H3,(H,16,18). The Morgan fingerprint density at radius 1 is 1.39 bits per heavy atom. The number of hydrogen-bond donors (Lipinski definition) is 2. The third kappa shape index (κ3) is 3.10. The Morgan fingerprint density at radius 3 is 2.50 bits per heavy atom. The van der Waals surface area contributed by atoms with E-state index in [2.05, 4.69) is 29.5 Å². The van der Waals surface area contributed by atoms with Crippen LogP contribution in [0.5, 0.6) is 0 Å². The van der Waals surface area contributed by atoms with E-state index in [1.807, 2.05) is 32.4 Å². The van der Waals surface area contributed by atoms with Crippen LogP contribution >= 0.6 is 0 Å². The van der Waals surface area contributed by atoms with Gasteiger partial charge in [-0.05, 0) is 41.7 Å². The van der Waals surface area contributed by atoms with Crippen molar-refractivity contribution in [1.82, 2.24) is 20.2 Å². The molecule has 1 heterocycles. The van der Waals surface area contributed by atoms with Crippen molar-refractivity contribution in [3.8, 4) is 0 Å². The van der Waals surface area contributed by atoms with Crippen LogP contribution in [0.25, 0.3) is 0 Å². The molecule has 1 aromatic heterocycles. The fraction of sp³-hybridized carbons (Fsp3) is 0.692. The molecule has 102 valence electrons. The van der Waals surface area contributed by atoms with E-state index in [1.165, 1.54) is 0 Å². The summed E-state index contributed by atoms with van der Waals surface area (Å²) >= 11 is 0. The van der Waals surface area contributed by atoms with Gasteiger partial charge in [-0.25, -0.2) is 4.98 Å². The van der Waals surface area contributed by atoms with Gasteiger partial charge in [0.2, 0.25) is 5.91 Å². The zero-order chi connectivity index (χ0) is 13.9. The first kappa shape index (κ1) is 14.7. The maximum Gasteiger partial charge on any atom is 0.243 e. The van der Waals surface area contributed by atoms with Gasteiger partial charge in [-0.15, -0.1) is 0 Å². The number of rotatable bonds is 5. The summed E-state index contributed by atoms with van der Waals surface area (Å²) < 4.78 is 1.91. The Balaban J connectivity index is 2.97. The summed E-state index contributed by atoms with van der Waals surface area (Å²) in [4.78, 5) is 16.2. The SMILES string of the molecule is CNC(C)(C)c1cncn1C(C)C(=O)NC(C)C. The molecule has 5 heteroatoms. The molecule has 1 amide bonds. The third-order valence-corrected chi connectivity index (χ3v) is 3.16. The number of aromatic nitrogens is 2. The molecule has 1 unspecified atom stereocenters. The fourth-order valence-electron chi connectivity index (χ4n) is 1.76. The summed E-state index contributed by atoms with van der Waals surface area (Å²) in [6.07, 6.45) is 3.51. The molecule has 0 aliphatic rings. The van der Waals surface area contributed by atoms with E-state index in [0.29, 0.717) is 0 Å². The highest BCUT2D eigenvalue weighted by Gasteiger charge is 2.26. The third-order valence-electron chi connectivity index (χ3n) is 3.16. The molecular weight excluding hydrogens is 228 g/mol. The van der Waals surface area contributed by atoms with Gasteiger partial charge in [-0.3, -0.25) is 4.79 Å². The molecule has 18 heavy (non-hydrogen) atoms. The molecule has 0 aliphatic heterocycles. The molecule has 0 aromatic carbocycles. The molecule has 1 rings (SSSR count). The van der Waals surface area contributed by atoms with Crippen molar-refractivity contribution in [1.29, 1.82) is 0 Å². The van der Waals surface area contributed by atoms with E-state index in [1.54, 1.807) is 12.5 Å². The summed E-state index contributed by atoms with van der Waals surface area (Å²) in [6.45, 7) is 9.92. The minimum Gasteiger partial charge on any atom is -0.352 e. The first-order chi connectivity index (χ1) is 8.29. The summed E-state index contributed by atoms with van der Waals surface area (Å²) in [6, 6.07) is -0.123. The second-order valence-electron chi connectivity index (χ2n) is 5.40. The van der Waals surface area contributed by atoms with Crippen LogP contribution < -0.4 is 10.6 Å². The fourth-order valence-corrected chi connectivity index (χ4v) is 1.76. The molecule has 1 aromatic rings. The van der Waals surface area contributed by atoms with Crippen molar-refractivity contribution in [3.05, 3.63) is 18.2 Å². The van der Waals surface area contributed by atoms with Crippen LogP contribution in [0.1, 0.15) is 46.4 Å². The van der Waals surface area contributed by atoms with Crippen LogP contribution in [0.4, 0.5) is 0 Å². The lowest BCUT2D eigenvalue weighted by Gasteiger charge is -2.27. The Bertz CT molecular complexity index is 409. The van der Waals surface area contributed by atoms with E-state index in [9.17, 15) is 4.79 Å². The first-order valence-electron chi connectivity index (χ1n) is 6.31. The van der Waals surface area contributed by atoms with Gasteiger partial charge in [0.1, 0.15) is 6.04 Å². The summed E-state index contributed by atoms with van der Waals surface area (Å²) in [5.41, 5.74) is 0.777. The Morgan fingerprint density at radius 2 is 2.00 bits per heavy atom. The lowest BCUT2D eigenvalue weighted by atomic mass is 10.0. The average Bonchev–Trinajstić information content (AvgIpc) is 2.76. The highest BCUT2D eigenvalue weighted by Crippen LogP contribution is 2.22. The molecule has 0 fully saturated rings. The maximum atomic E-state index is 12.0. The molecule has 0 saturated heterocycles. The molecule has 1 atom stereocenters. The quantitative estimate of drug-likeness (QED) is 0.833. The minimum atomic E-state index is -0.266. The monoisotopic (exact) mass is 252 g/mol. The minimum absolute atomic E-state index is 0.0103. The van der Waals surface area contributed by atoms with Crippen LogP contribution in [0.15, 0.2) is 12.5 Å². The van der Waals surface area contributed by atoms with Gasteiger partial charge in [-0.1, -0.05) is 0 Å². The molecule has 2 N–H and O–H groups in total. The lowest BCUT2D eigenvalue weighted by Crippen LogP contribution is -2.40. The van der Waals surface area contributed by atoms with Crippen molar-refractivity contribution in [2.45, 2.75) is 52.2 Å². The van der Waals surface area contributed by atoms with Crippen LogP contribution in [-0.4, -0.2) is 28.5 Å². The van der Waals surface area contributed by atoms with Crippen molar-refractivity contribution in [2.75, 3.05) is 7.05 Å². The summed E-state index contributed by atoms with van der Waals surface area (Å²) in [5.74, 6) is 0.0103. The number of imidazole rings is 1. The van der Waals surface area contributed by atoms with E-state index in [-0.39, 0.29) is 23.5 Å². The van der Waals surface area contributed by atoms with E-state index >= 15 is 0 Å². The Labute approximate surface area is 109 Å². The van der Waals surface area contributed by atoms with Crippen LogP contribution in [-0.2, 0) is 10.3 Å². The number of amides is 1. The topological polar surface area (TPSA) is 59.0 Å². The van der Waals surface area contributed by atoms with Gasteiger partial charge < -0.3 is 15.2 Å². The summed E-state index contributed by atoms with van der Waals surface area (Å²) in [7, 11) is 1.90. The van der Waals surface area contributed by atoms with E-state index in [4.69, 9.17) is 0 Å². The van der Waals surface area contributed by atoms with Crippen LogP contribution in [0.2, 0.25) is 0 Å². The number of carbonyl (C=O) groups excluding carboxylic acids is 1. The van der Waals surface area contributed by atoms with Gasteiger partial charge in [0, 0.05) is 6.04 Å².